The molecular weight excluding hydrogens is 231 g/mol. The molecule has 0 bridgehead atoms. The molecule has 18 heavy (non-hydrogen) atoms. The Kier molecular flexibility index (Phi) is 3.53. The molecule has 4 heteroatoms. The molecule has 0 spiro atoms. The lowest BCUT2D eigenvalue weighted by molar-refractivity contribution is 0.0236. The second kappa shape index (κ2) is 4.95. The highest BCUT2D eigenvalue weighted by Gasteiger charge is 2.31. The molecule has 0 N–H and O–H groups in total. The molecule has 0 saturated carbocycles. The fourth-order valence-corrected chi connectivity index (χ4v) is 2.16. The number of piperidine rings is 1. The van der Waals surface area contributed by atoms with Crippen LogP contribution in [-0.4, -0.2) is 30.6 Å². The maximum absolute atomic E-state index is 13.5. The van der Waals surface area contributed by atoms with Gasteiger partial charge in [-0.25, -0.2) is 4.39 Å². The summed E-state index contributed by atoms with van der Waals surface area (Å²) >= 11 is 0. The number of hydrogen-bond donors (Lipinski definition) is 0. The molecule has 2 rings (SSSR count). The Balaban J connectivity index is 2.19. The van der Waals surface area contributed by atoms with Gasteiger partial charge in [0.1, 0.15) is 28.8 Å². The Bertz CT molecular complexity index is 473. The van der Waals surface area contributed by atoms with E-state index in [4.69, 9.17) is 10.00 Å². The fraction of sp³-hybridized carbons (Fsp3) is 0.500. The number of ether oxygens (including phenoxy) is 1. The molecule has 1 saturated heterocycles. The zero-order valence-corrected chi connectivity index (χ0v) is 10.7. The summed E-state index contributed by atoms with van der Waals surface area (Å²) in [4.78, 5) is 2.24. The third kappa shape index (κ3) is 2.62. The molecule has 1 heterocycles. The highest BCUT2D eigenvalue weighted by molar-refractivity contribution is 5.44. The van der Waals surface area contributed by atoms with Crippen LogP contribution in [0.4, 0.5) is 4.39 Å². The van der Waals surface area contributed by atoms with Crippen LogP contribution >= 0.6 is 0 Å². The Morgan fingerprint density at radius 3 is 2.67 bits per heavy atom. The first-order valence-corrected chi connectivity index (χ1v) is 6.10. The van der Waals surface area contributed by atoms with E-state index in [0.717, 1.165) is 25.9 Å². The van der Waals surface area contributed by atoms with E-state index >= 15 is 0 Å². The van der Waals surface area contributed by atoms with E-state index in [1.54, 1.807) is 12.1 Å². The van der Waals surface area contributed by atoms with Crippen molar-refractivity contribution in [1.29, 1.82) is 5.26 Å². The van der Waals surface area contributed by atoms with E-state index in [9.17, 15) is 4.39 Å². The standard InChI is InChI=1S/C14H17FN2O/c1-14(6-8-17(2)9-7-14)18-13-5-3-4-12(15)11(13)10-16/h3-5H,6-9H2,1-2H3. The number of likely N-dealkylation sites (tertiary alicyclic amines) is 1. The summed E-state index contributed by atoms with van der Waals surface area (Å²) in [7, 11) is 2.07. The second-order valence-corrected chi connectivity index (χ2v) is 5.08. The van der Waals surface area contributed by atoms with Crippen LogP contribution in [0, 0.1) is 17.1 Å². The summed E-state index contributed by atoms with van der Waals surface area (Å²) in [6, 6.07) is 6.38. The molecule has 0 aromatic heterocycles. The van der Waals surface area contributed by atoms with Crippen LogP contribution in [0.5, 0.6) is 5.75 Å². The maximum atomic E-state index is 13.5. The summed E-state index contributed by atoms with van der Waals surface area (Å²) in [6.07, 6.45) is 1.76. The smallest absolute Gasteiger partial charge is 0.144 e. The minimum Gasteiger partial charge on any atom is -0.486 e. The van der Waals surface area contributed by atoms with Gasteiger partial charge >= 0.3 is 0 Å². The first-order valence-electron chi connectivity index (χ1n) is 6.10. The number of nitrogens with zero attached hydrogens (tertiary/aromatic N) is 2. The van der Waals surface area contributed by atoms with Crippen LogP contribution in [0.1, 0.15) is 25.3 Å². The lowest BCUT2D eigenvalue weighted by Crippen LogP contribution is -2.44. The molecule has 0 atom stereocenters. The van der Waals surface area contributed by atoms with Gasteiger partial charge in [0, 0.05) is 13.1 Å². The van der Waals surface area contributed by atoms with Gasteiger partial charge in [-0.2, -0.15) is 5.26 Å². The van der Waals surface area contributed by atoms with E-state index in [1.807, 2.05) is 13.0 Å². The van der Waals surface area contributed by atoms with Gasteiger partial charge in [-0.15, -0.1) is 0 Å². The van der Waals surface area contributed by atoms with Crippen molar-refractivity contribution in [3.05, 3.63) is 29.6 Å². The van der Waals surface area contributed by atoms with Gasteiger partial charge in [0.15, 0.2) is 0 Å². The van der Waals surface area contributed by atoms with E-state index in [1.165, 1.54) is 6.07 Å². The number of halogens is 1. The lowest BCUT2D eigenvalue weighted by atomic mass is 9.93. The SMILES string of the molecule is CN1CCC(C)(Oc2cccc(F)c2C#N)CC1. The van der Waals surface area contributed by atoms with E-state index in [0.29, 0.717) is 5.75 Å². The molecule has 1 aliphatic rings. The first-order chi connectivity index (χ1) is 8.54. The second-order valence-electron chi connectivity index (χ2n) is 5.08. The molecule has 0 unspecified atom stereocenters. The van der Waals surface area contributed by atoms with Crippen LogP contribution in [-0.2, 0) is 0 Å². The van der Waals surface area contributed by atoms with Crippen molar-refractivity contribution in [2.45, 2.75) is 25.4 Å². The van der Waals surface area contributed by atoms with Crippen LogP contribution in [0.2, 0.25) is 0 Å². The molecular formula is C14H17FN2O. The minimum atomic E-state index is -0.522. The van der Waals surface area contributed by atoms with Gasteiger partial charge in [-0.05, 0) is 38.9 Å². The van der Waals surface area contributed by atoms with Gasteiger partial charge in [0.05, 0.1) is 0 Å². The molecule has 1 aromatic rings. The predicted molar refractivity (Wildman–Crippen MR) is 66.9 cm³/mol. The van der Waals surface area contributed by atoms with Gasteiger partial charge in [-0.1, -0.05) is 6.07 Å². The molecule has 0 aliphatic carbocycles. The van der Waals surface area contributed by atoms with Crippen LogP contribution in [0.25, 0.3) is 0 Å². The third-order valence-electron chi connectivity index (χ3n) is 3.49. The molecule has 1 aliphatic heterocycles. The largest absolute Gasteiger partial charge is 0.486 e. The molecule has 96 valence electrons. The average Bonchev–Trinajstić information content (AvgIpc) is 2.34. The summed E-state index contributed by atoms with van der Waals surface area (Å²) in [5.74, 6) is -0.170. The van der Waals surface area contributed by atoms with Crippen LogP contribution in [0.3, 0.4) is 0 Å². The summed E-state index contributed by atoms with van der Waals surface area (Å²) in [5.41, 5.74) is -0.316. The summed E-state index contributed by atoms with van der Waals surface area (Å²) in [6.45, 7) is 3.92. The van der Waals surface area contributed by atoms with Crippen molar-refractivity contribution in [2.75, 3.05) is 20.1 Å². The summed E-state index contributed by atoms with van der Waals surface area (Å²) in [5, 5.41) is 8.98. The topological polar surface area (TPSA) is 36.3 Å². The van der Waals surface area contributed by atoms with Gasteiger partial charge in [0.25, 0.3) is 0 Å². The zero-order chi connectivity index (χ0) is 13.2. The van der Waals surface area contributed by atoms with E-state index in [2.05, 4.69) is 11.9 Å². The van der Waals surface area contributed by atoms with E-state index < -0.39 is 5.82 Å². The van der Waals surface area contributed by atoms with Crippen molar-refractivity contribution >= 4 is 0 Å². The summed E-state index contributed by atoms with van der Waals surface area (Å²) < 4.78 is 19.4. The number of nitriles is 1. The number of benzene rings is 1. The maximum Gasteiger partial charge on any atom is 0.144 e. The number of hydrogen-bond acceptors (Lipinski definition) is 3. The van der Waals surface area contributed by atoms with Crippen molar-refractivity contribution in [2.24, 2.45) is 0 Å². The van der Waals surface area contributed by atoms with Gasteiger partial charge < -0.3 is 9.64 Å². The normalized spacial score (nSPS) is 19.2. The molecule has 1 fully saturated rings. The third-order valence-corrected chi connectivity index (χ3v) is 3.49. The fourth-order valence-electron chi connectivity index (χ4n) is 2.16. The van der Waals surface area contributed by atoms with Gasteiger partial charge in [-0.3, -0.25) is 0 Å². The quantitative estimate of drug-likeness (QED) is 0.807. The molecule has 1 aromatic carbocycles. The van der Waals surface area contributed by atoms with Crippen molar-refractivity contribution in [3.8, 4) is 11.8 Å². The highest BCUT2D eigenvalue weighted by atomic mass is 19.1. The van der Waals surface area contributed by atoms with Crippen molar-refractivity contribution in [3.63, 3.8) is 0 Å². The highest BCUT2D eigenvalue weighted by Crippen LogP contribution is 2.30. The lowest BCUT2D eigenvalue weighted by Gasteiger charge is -2.38. The first kappa shape index (κ1) is 12.8. The van der Waals surface area contributed by atoms with Crippen molar-refractivity contribution in [1.82, 2.24) is 4.90 Å². The zero-order valence-electron chi connectivity index (χ0n) is 10.7. The van der Waals surface area contributed by atoms with Crippen LogP contribution < -0.4 is 4.74 Å². The van der Waals surface area contributed by atoms with Crippen molar-refractivity contribution < 1.29 is 9.13 Å². The minimum absolute atomic E-state index is 0.00217. The molecule has 3 nitrogen and oxygen atoms in total. The van der Waals surface area contributed by atoms with Crippen LogP contribution in [0.15, 0.2) is 18.2 Å². The monoisotopic (exact) mass is 248 g/mol. The average molecular weight is 248 g/mol. The Labute approximate surface area is 107 Å². The molecule has 0 radical (unpaired) electrons. The Morgan fingerprint density at radius 2 is 2.06 bits per heavy atom. The molecule has 0 amide bonds. The van der Waals surface area contributed by atoms with Gasteiger partial charge in [0.2, 0.25) is 0 Å². The number of rotatable bonds is 2. The Morgan fingerprint density at radius 1 is 1.39 bits per heavy atom. The Hall–Kier alpha value is -1.60. The van der Waals surface area contributed by atoms with E-state index in [-0.39, 0.29) is 11.2 Å². The predicted octanol–water partition coefficient (Wildman–Crippen LogP) is 2.56.